The number of carbonyl (C=O) groups is 1. The van der Waals surface area contributed by atoms with Crippen molar-refractivity contribution in [1.29, 1.82) is 0 Å². The first-order chi connectivity index (χ1) is 21.3. The van der Waals surface area contributed by atoms with Crippen molar-refractivity contribution in [3.8, 4) is 0 Å². The first-order valence-corrected chi connectivity index (χ1v) is 13.8. The number of tetrazole rings is 1. The zero-order chi connectivity index (χ0) is 34.2. The molecule has 2 aromatic heterocycles. The lowest BCUT2D eigenvalue weighted by Gasteiger charge is -2.43. The minimum atomic E-state index is -5.15. The van der Waals surface area contributed by atoms with Gasteiger partial charge in [0.25, 0.3) is 5.95 Å². The molecule has 1 aliphatic heterocycles. The fourth-order valence-corrected chi connectivity index (χ4v) is 5.02. The summed E-state index contributed by atoms with van der Waals surface area (Å²) in [6, 6.07) is 0.675. The van der Waals surface area contributed by atoms with Crippen molar-refractivity contribution in [2.75, 3.05) is 37.0 Å². The fourth-order valence-electron chi connectivity index (χ4n) is 5.02. The lowest BCUT2D eigenvalue weighted by molar-refractivity contribution is -0.143. The Kier molecular flexibility index (Phi) is 9.75. The van der Waals surface area contributed by atoms with Crippen LogP contribution < -0.4 is 9.80 Å². The molecule has 19 heteroatoms. The molecule has 0 saturated heterocycles. The third-order valence-electron chi connectivity index (χ3n) is 7.19. The van der Waals surface area contributed by atoms with E-state index in [0.29, 0.717) is 24.7 Å². The van der Waals surface area contributed by atoms with E-state index in [2.05, 4.69) is 20.4 Å². The number of fused-ring (bicyclic) bond motifs is 1. The molecule has 252 valence electrons. The van der Waals surface area contributed by atoms with Crippen LogP contribution in [0.1, 0.15) is 53.9 Å². The van der Waals surface area contributed by atoms with Gasteiger partial charge in [0.1, 0.15) is 12.3 Å². The normalized spacial score (nSPS) is 17.3. The van der Waals surface area contributed by atoms with E-state index in [0.717, 1.165) is 20.7 Å². The number of aromatic nitrogens is 5. The second kappa shape index (κ2) is 12.9. The number of likely N-dealkylation sites (N-methyl/N-ethyl adjacent to an activating group) is 1. The Morgan fingerprint density at radius 2 is 1.61 bits per heavy atom. The third-order valence-corrected chi connectivity index (χ3v) is 7.19. The van der Waals surface area contributed by atoms with E-state index in [1.54, 1.807) is 25.9 Å². The van der Waals surface area contributed by atoms with Gasteiger partial charge in [-0.1, -0.05) is 12.0 Å². The summed E-state index contributed by atoms with van der Waals surface area (Å²) in [6.07, 6.45) is -16.0. The summed E-state index contributed by atoms with van der Waals surface area (Å²) in [6.45, 7) is 1.28. The molecule has 1 aromatic carbocycles. The standard InChI is InChI=1S/C27H29F9N8O2/c1-5-18-13-20(22-19(6-7-21(37-22)27(34,35)36)44(18)24(45)46-9-8-41(2)3)43(23-38-40-42(4)39-23)14-15-10-16(25(28,29)30)12-17(11-15)26(31,32)33/h6-7,10-12,18,20H,5,8-9,13-14H2,1-4H3/t18-,20+/m1/s1. The van der Waals surface area contributed by atoms with E-state index in [1.807, 2.05) is 0 Å². The molecule has 0 unspecified atom stereocenters. The number of pyridine rings is 1. The number of nitrogens with zero attached hydrogens (tertiary/aromatic N) is 8. The highest BCUT2D eigenvalue weighted by Crippen LogP contribution is 2.44. The topological polar surface area (TPSA) is 92.5 Å². The summed E-state index contributed by atoms with van der Waals surface area (Å²) in [5.41, 5.74) is -5.40. The van der Waals surface area contributed by atoms with Crippen LogP contribution in [0, 0.1) is 0 Å². The van der Waals surface area contributed by atoms with E-state index in [-0.39, 0.29) is 42.8 Å². The van der Waals surface area contributed by atoms with E-state index in [4.69, 9.17) is 4.74 Å². The predicted molar refractivity (Wildman–Crippen MR) is 144 cm³/mol. The molecular weight excluding hydrogens is 639 g/mol. The Morgan fingerprint density at radius 3 is 2.11 bits per heavy atom. The molecule has 0 aliphatic carbocycles. The lowest BCUT2D eigenvalue weighted by Crippen LogP contribution is -2.48. The monoisotopic (exact) mass is 668 g/mol. The Hall–Kier alpha value is -4.16. The molecule has 1 aliphatic rings. The van der Waals surface area contributed by atoms with Crippen LogP contribution in [-0.2, 0) is 36.9 Å². The molecule has 2 atom stereocenters. The number of ether oxygens (including phenoxy) is 1. The van der Waals surface area contributed by atoms with Crippen LogP contribution in [0.25, 0.3) is 0 Å². The van der Waals surface area contributed by atoms with Gasteiger partial charge in [-0.05, 0) is 68.0 Å². The molecule has 10 nitrogen and oxygen atoms in total. The second-order valence-electron chi connectivity index (χ2n) is 10.8. The van der Waals surface area contributed by atoms with Gasteiger partial charge in [0.05, 0.1) is 35.6 Å². The quantitative estimate of drug-likeness (QED) is 0.266. The Bertz CT molecular complexity index is 1510. The van der Waals surface area contributed by atoms with Crippen LogP contribution >= 0.6 is 0 Å². The summed E-state index contributed by atoms with van der Waals surface area (Å²) in [5, 5.41) is 11.6. The van der Waals surface area contributed by atoms with Gasteiger partial charge in [-0.2, -0.15) is 44.3 Å². The number of benzene rings is 1. The van der Waals surface area contributed by atoms with Crippen LogP contribution in [0.5, 0.6) is 0 Å². The highest BCUT2D eigenvalue weighted by Gasteiger charge is 2.44. The van der Waals surface area contributed by atoms with Crippen molar-refractivity contribution in [1.82, 2.24) is 30.1 Å². The van der Waals surface area contributed by atoms with Gasteiger partial charge in [-0.3, -0.25) is 4.90 Å². The van der Waals surface area contributed by atoms with Crippen molar-refractivity contribution in [3.05, 3.63) is 58.4 Å². The molecule has 0 saturated carbocycles. The van der Waals surface area contributed by atoms with Crippen LogP contribution in [0.15, 0.2) is 30.3 Å². The molecule has 0 radical (unpaired) electrons. The maximum absolute atomic E-state index is 13.9. The van der Waals surface area contributed by atoms with E-state index in [9.17, 15) is 44.3 Å². The Labute approximate surface area is 256 Å². The third kappa shape index (κ3) is 7.79. The van der Waals surface area contributed by atoms with E-state index >= 15 is 0 Å². The average molecular weight is 669 g/mol. The zero-order valence-electron chi connectivity index (χ0n) is 24.9. The maximum Gasteiger partial charge on any atom is 0.433 e. The van der Waals surface area contributed by atoms with Crippen LogP contribution in [-0.4, -0.2) is 69.5 Å². The number of hydrogen-bond acceptors (Lipinski definition) is 8. The van der Waals surface area contributed by atoms with Crippen LogP contribution in [0.3, 0.4) is 0 Å². The number of halogens is 9. The van der Waals surface area contributed by atoms with Crippen LogP contribution in [0.2, 0.25) is 0 Å². The molecule has 3 heterocycles. The van der Waals surface area contributed by atoms with E-state index < -0.39 is 65.6 Å². The first kappa shape index (κ1) is 34.7. The van der Waals surface area contributed by atoms with Crippen molar-refractivity contribution in [2.45, 2.75) is 56.9 Å². The molecule has 46 heavy (non-hydrogen) atoms. The summed E-state index contributed by atoms with van der Waals surface area (Å²) in [4.78, 5) is 22.1. The molecular formula is C27H29F9N8O2. The molecule has 0 bridgehead atoms. The SMILES string of the molecule is CC[C@@H]1C[C@H](N(Cc2cc(C(F)(F)F)cc(C(F)(F)F)c2)c2nnn(C)n2)c2nc(C(F)(F)F)ccc2N1C(=O)OCCN(C)C. The lowest BCUT2D eigenvalue weighted by atomic mass is 9.91. The molecule has 1 amide bonds. The maximum atomic E-state index is 13.9. The molecule has 4 rings (SSSR count). The summed E-state index contributed by atoms with van der Waals surface area (Å²) >= 11 is 0. The number of anilines is 2. The van der Waals surface area contributed by atoms with Gasteiger partial charge in [0.2, 0.25) is 0 Å². The van der Waals surface area contributed by atoms with Gasteiger partial charge < -0.3 is 14.5 Å². The molecule has 0 N–H and O–H groups in total. The van der Waals surface area contributed by atoms with Gasteiger partial charge in [-0.15, -0.1) is 5.10 Å². The van der Waals surface area contributed by atoms with Gasteiger partial charge in [0.15, 0.2) is 0 Å². The van der Waals surface area contributed by atoms with Crippen molar-refractivity contribution in [2.24, 2.45) is 7.05 Å². The largest absolute Gasteiger partial charge is 0.448 e. The number of hydrogen-bond donors (Lipinski definition) is 0. The summed E-state index contributed by atoms with van der Waals surface area (Å²) < 4.78 is 129. The fraction of sp³-hybridized carbons (Fsp3) is 0.519. The van der Waals surface area contributed by atoms with Gasteiger partial charge in [0, 0.05) is 19.1 Å². The second-order valence-corrected chi connectivity index (χ2v) is 10.8. The van der Waals surface area contributed by atoms with Crippen molar-refractivity contribution in [3.63, 3.8) is 0 Å². The number of aryl methyl sites for hydroxylation is 1. The number of carbonyl (C=O) groups excluding carboxylic acids is 1. The average Bonchev–Trinajstić information content (AvgIpc) is 3.38. The highest BCUT2D eigenvalue weighted by atomic mass is 19.4. The predicted octanol–water partition coefficient (Wildman–Crippen LogP) is 6.10. The molecule has 3 aromatic rings. The highest BCUT2D eigenvalue weighted by molar-refractivity contribution is 5.90. The minimum Gasteiger partial charge on any atom is -0.448 e. The number of amides is 1. The summed E-state index contributed by atoms with van der Waals surface area (Å²) in [7, 11) is 4.82. The van der Waals surface area contributed by atoms with Crippen molar-refractivity contribution >= 4 is 17.7 Å². The number of rotatable bonds is 8. The van der Waals surface area contributed by atoms with Gasteiger partial charge >= 0.3 is 24.6 Å². The van der Waals surface area contributed by atoms with E-state index in [1.165, 1.54) is 7.05 Å². The van der Waals surface area contributed by atoms with Crippen molar-refractivity contribution < 1.29 is 49.0 Å². The number of alkyl halides is 9. The minimum absolute atomic E-state index is 0.0333. The van der Waals surface area contributed by atoms with Gasteiger partial charge in [-0.25, -0.2) is 9.78 Å². The summed E-state index contributed by atoms with van der Waals surface area (Å²) in [5.74, 6) is -0.305. The first-order valence-electron chi connectivity index (χ1n) is 13.8. The van der Waals surface area contributed by atoms with Crippen LogP contribution in [0.4, 0.5) is 55.9 Å². The molecule has 0 spiro atoms. The zero-order valence-corrected chi connectivity index (χ0v) is 24.9. The Balaban J connectivity index is 1.89. The smallest absolute Gasteiger partial charge is 0.433 e. The molecule has 0 fully saturated rings. The Morgan fingerprint density at radius 1 is 0.978 bits per heavy atom.